The minimum atomic E-state index is -0.0631. The second-order valence-electron chi connectivity index (χ2n) is 6.94. The van der Waals surface area contributed by atoms with Crippen molar-refractivity contribution in [2.24, 2.45) is 11.1 Å². The van der Waals surface area contributed by atoms with E-state index in [0.717, 1.165) is 17.8 Å². The molecule has 1 aromatic carbocycles. The van der Waals surface area contributed by atoms with E-state index in [1.54, 1.807) is 0 Å². The standard InChI is InChI=1S/C17H23N5O/c1-11-19-15(21-20-11)12-5-4-6-13(9-12)16(23)22-8-7-14(18)17(2,3)10-22/h4-6,9,14H,7-8,10,18H2,1-3H3,(H,19,20,21). The van der Waals surface area contributed by atoms with E-state index in [0.29, 0.717) is 24.5 Å². The maximum Gasteiger partial charge on any atom is 0.253 e. The first-order chi connectivity index (χ1) is 10.9. The van der Waals surface area contributed by atoms with Crippen molar-refractivity contribution in [3.8, 4) is 11.4 Å². The van der Waals surface area contributed by atoms with Crippen molar-refractivity contribution < 1.29 is 4.79 Å². The molecule has 6 nitrogen and oxygen atoms in total. The molecule has 3 rings (SSSR count). The summed E-state index contributed by atoms with van der Waals surface area (Å²) in [5.74, 6) is 1.40. The summed E-state index contributed by atoms with van der Waals surface area (Å²) in [5.41, 5.74) is 7.60. The van der Waals surface area contributed by atoms with Crippen molar-refractivity contribution in [3.05, 3.63) is 35.7 Å². The van der Waals surface area contributed by atoms with Crippen LogP contribution in [0.1, 0.15) is 36.5 Å². The average Bonchev–Trinajstić information content (AvgIpc) is 2.96. The van der Waals surface area contributed by atoms with Gasteiger partial charge in [-0.25, -0.2) is 4.98 Å². The Morgan fingerprint density at radius 3 is 2.87 bits per heavy atom. The van der Waals surface area contributed by atoms with Crippen molar-refractivity contribution in [1.29, 1.82) is 0 Å². The number of aromatic amines is 1. The highest BCUT2D eigenvalue weighted by molar-refractivity contribution is 5.95. The zero-order valence-electron chi connectivity index (χ0n) is 13.8. The number of aromatic nitrogens is 3. The lowest BCUT2D eigenvalue weighted by molar-refractivity contribution is 0.0533. The molecular weight excluding hydrogens is 290 g/mol. The van der Waals surface area contributed by atoms with Gasteiger partial charge in [0.05, 0.1) is 0 Å². The third-order valence-electron chi connectivity index (χ3n) is 4.56. The predicted molar refractivity (Wildman–Crippen MR) is 88.8 cm³/mol. The molecule has 1 aliphatic rings. The van der Waals surface area contributed by atoms with Gasteiger partial charge in [-0.15, -0.1) is 0 Å². The number of benzene rings is 1. The van der Waals surface area contributed by atoms with Gasteiger partial charge in [0.1, 0.15) is 5.82 Å². The molecule has 1 aliphatic heterocycles. The van der Waals surface area contributed by atoms with Crippen molar-refractivity contribution >= 4 is 5.91 Å². The average molecular weight is 313 g/mol. The van der Waals surface area contributed by atoms with Gasteiger partial charge in [0, 0.05) is 30.3 Å². The predicted octanol–water partition coefficient (Wildman–Crippen LogP) is 1.98. The molecule has 1 saturated heterocycles. The first kappa shape index (κ1) is 15.7. The largest absolute Gasteiger partial charge is 0.338 e. The molecule has 23 heavy (non-hydrogen) atoms. The molecule has 122 valence electrons. The second kappa shape index (κ2) is 5.77. The number of carbonyl (C=O) groups is 1. The molecule has 0 aliphatic carbocycles. The molecule has 0 saturated carbocycles. The number of carbonyl (C=O) groups excluding carboxylic acids is 1. The van der Waals surface area contributed by atoms with Gasteiger partial charge in [-0.2, -0.15) is 5.10 Å². The lowest BCUT2D eigenvalue weighted by Gasteiger charge is -2.42. The molecule has 0 spiro atoms. The Bertz CT molecular complexity index is 721. The summed E-state index contributed by atoms with van der Waals surface area (Å²) in [6.45, 7) is 7.46. The molecule has 1 fully saturated rings. The van der Waals surface area contributed by atoms with Gasteiger partial charge in [-0.3, -0.25) is 9.89 Å². The summed E-state index contributed by atoms with van der Waals surface area (Å²) in [7, 11) is 0. The quantitative estimate of drug-likeness (QED) is 0.887. The van der Waals surface area contributed by atoms with Gasteiger partial charge in [-0.05, 0) is 30.9 Å². The zero-order valence-corrected chi connectivity index (χ0v) is 13.8. The Morgan fingerprint density at radius 1 is 1.43 bits per heavy atom. The minimum Gasteiger partial charge on any atom is -0.338 e. The highest BCUT2D eigenvalue weighted by atomic mass is 16.2. The Morgan fingerprint density at radius 2 is 2.22 bits per heavy atom. The van der Waals surface area contributed by atoms with Crippen LogP contribution in [0.5, 0.6) is 0 Å². The number of rotatable bonds is 2. The molecule has 3 N–H and O–H groups in total. The fourth-order valence-electron chi connectivity index (χ4n) is 2.99. The molecule has 1 unspecified atom stereocenters. The summed E-state index contributed by atoms with van der Waals surface area (Å²) < 4.78 is 0. The zero-order chi connectivity index (χ0) is 16.6. The summed E-state index contributed by atoms with van der Waals surface area (Å²) in [6.07, 6.45) is 0.832. The molecule has 0 radical (unpaired) electrons. The summed E-state index contributed by atoms with van der Waals surface area (Å²) >= 11 is 0. The van der Waals surface area contributed by atoms with E-state index >= 15 is 0 Å². The lowest BCUT2D eigenvalue weighted by atomic mass is 9.79. The Balaban J connectivity index is 1.83. The van der Waals surface area contributed by atoms with E-state index in [1.165, 1.54) is 0 Å². The molecule has 6 heteroatoms. The number of hydrogen-bond donors (Lipinski definition) is 2. The van der Waals surface area contributed by atoms with Crippen LogP contribution in [0, 0.1) is 12.3 Å². The van der Waals surface area contributed by atoms with Crippen molar-refractivity contribution in [3.63, 3.8) is 0 Å². The maximum atomic E-state index is 12.8. The van der Waals surface area contributed by atoms with Gasteiger partial charge in [-0.1, -0.05) is 26.0 Å². The van der Waals surface area contributed by atoms with E-state index in [9.17, 15) is 4.79 Å². The SMILES string of the molecule is Cc1nc(-c2cccc(C(=O)N3CCC(N)C(C)(C)C3)c2)n[nH]1. The molecule has 2 heterocycles. The van der Waals surface area contributed by atoms with Crippen LogP contribution in [-0.4, -0.2) is 45.1 Å². The monoisotopic (exact) mass is 313 g/mol. The summed E-state index contributed by atoms with van der Waals surface area (Å²) in [6, 6.07) is 7.61. The Hall–Kier alpha value is -2.21. The number of hydrogen-bond acceptors (Lipinski definition) is 4. The lowest BCUT2D eigenvalue weighted by Crippen LogP contribution is -2.54. The molecular formula is C17H23N5O. The smallest absolute Gasteiger partial charge is 0.253 e. The summed E-state index contributed by atoms with van der Waals surface area (Å²) in [4.78, 5) is 19.0. The van der Waals surface area contributed by atoms with Crippen LogP contribution >= 0.6 is 0 Å². The third kappa shape index (κ3) is 3.12. The van der Waals surface area contributed by atoms with E-state index in [1.807, 2.05) is 36.1 Å². The third-order valence-corrected chi connectivity index (χ3v) is 4.56. The van der Waals surface area contributed by atoms with E-state index in [2.05, 4.69) is 29.0 Å². The number of nitrogens with zero attached hydrogens (tertiary/aromatic N) is 3. The number of amides is 1. The molecule has 0 bridgehead atoms. The van der Waals surface area contributed by atoms with E-state index < -0.39 is 0 Å². The van der Waals surface area contributed by atoms with Gasteiger partial charge >= 0.3 is 0 Å². The van der Waals surface area contributed by atoms with Gasteiger partial charge < -0.3 is 10.6 Å². The highest BCUT2D eigenvalue weighted by Gasteiger charge is 2.35. The highest BCUT2D eigenvalue weighted by Crippen LogP contribution is 2.29. The molecule has 2 aromatic rings. The second-order valence-corrected chi connectivity index (χ2v) is 6.94. The Labute approximate surface area is 136 Å². The van der Waals surface area contributed by atoms with Crippen molar-refractivity contribution in [2.75, 3.05) is 13.1 Å². The number of aryl methyl sites for hydroxylation is 1. The fourth-order valence-corrected chi connectivity index (χ4v) is 2.99. The first-order valence-electron chi connectivity index (χ1n) is 7.91. The first-order valence-corrected chi connectivity index (χ1v) is 7.91. The van der Waals surface area contributed by atoms with Crippen LogP contribution in [0.3, 0.4) is 0 Å². The number of likely N-dealkylation sites (tertiary alicyclic amines) is 1. The van der Waals surface area contributed by atoms with Gasteiger partial charge in [0.25, 0.3) is 5.91 Å². The maximum absolute atomic E-state index is 12.8. The fraction of sp³-hybridized carbons (Fsp3) is 0.471. The van der Waals surface area contributed by atoms with Crippen LogP contribution in [0.25, 0.3) is 11.4 Å². The van der Waals surface area contributed by atoms with Crippen LogP contribution in [0.4, 0.5) is 0 Å². The van der Waals surface area contributed by atoms with Crippen LogP contribution in [0.2, 0.25) is 0 Å². The normalized spacial score (nSPS) is 20.5. The van der Waals surface area contributed by atoms with Crippen LogP contribution in [0.15, 0.2) is 24.3 Å². The van der Waals surface area contributed by atoms with E-state index in [-0.39, 0.29) is 17.4 Å². The topological polar surface area (TPSA) is 87.9 Å². The van der Waals surface area contributed by atoms with Gasteiger partial charge in [0.15, 0.2) is 5.82 Å². The number of nitrogens with two attached hydrogens (primary N) is 1. The molecule has 1 amide bonds. The minimum absolute atomic E-state index is 0.0408. The number of nitrogens with one attached hydrogen (secondary N) is 1. The number of H-pyrrole nitrogens is 1. The van der Waals surface area contributed by atoms with Gasteiger partial charge in [0.2, 0.25) is 0 Å². The number of piperidine rings is 1. The van der Waals surface area contributed by atoms with Crippen LogP contribution in [-0.2, 0) is 0 Å². The van der Waals surface area contributed by atoms with Crippen LogP contribution < -0.4 is 5.73 Å². The molecule has 1 aromatic heterocycles. The Kier molecular flexibility index (Phi) is 3.93. The summed E-state index contributed by atoms with van der Waals surface area (Å²) in [5, 5.41) is 6.98. The van der Waals surface area contributed by atoms with Crippen molar-refractivity contribution in [2.45, 2.75) is 33.2 Å². The van der Waals surface area contributed by atoms with E-state index in [4.69, 9.17) is 5.73 Å². The molecule has 1 atom stereocenters. The van der Waals surface area contributed by atoms with Crippen molar-refractivity contribution in [1.82, 2.24) is 20.1 Å².